The van der Waals surface area contributed by atoms with Gasteiger partial charge in [0, 0.05) is 45.4 Å². The first kappa shape index (κ1) is 23.2. The van der Waals surface area contributed by atoms with Crippen molar-refractivity contribution in [1.82, 2.24) is 9.80 Å². The van der Waals surface area contributed by atoms with E-state index in [1.165, 1.54) is 30.5 Å². The molecule has 1 heterocycles. The lowest BCUT2D eigenvalue weighted by atomic mass is 10.2. The van der Waals surface area contributed by atoms with Crippen LogP contribution in [0, 0.1) is 5.82 Å². The molecule has 1 aliphatic heterocycles. The van der Waals surface area contributed by atoms with Crippen molar-refractivity contribution in [1.29, 1.82) is 0 Å². The Morgan fingerprint density at radius 2 is 1.71 bits per heavy atom. The second-order valence-corrected chi connectivity index (χ2v) is 9.85. The van der Waals surface area contributed by atoms with E-state index in [1.807, 2.05) is 4.90 Å². The number of sulfone groups is 1. The van der Waals surface area contributed by atoms with Crippen LogP contribution in [0.4, 0.5) is 4.39 Å². The van der Waals surface area contributed by atoms with Gasteiger partial charge in [0.05, 0.1) is 11.5 Å². The highest BCUT2D eigenvalue weighted by atomic mass is 32.2. The molecule has 0 spiro atoms. The third-order valence-corrected chi connectivity index (χ3v) is 6.44. The molecule has 0 N–H and O–H groups in total. The van der Waals surface area contributed by atoms with Gasteiger partial charge in [-0.25, -0.2) is 12.8 Å². The molecule has 2 aromatic carbocycles. The highest BCUT2D eigenvalue weighted by Crippen LogP contribution is 2.16. The maximum absolute atomic E-state index is 13.1. The molecule has 3 rings (SSSR count). The van der Waals surface area contributed by atoms with Crippen LogP contribution < -0.4 is 4.74 Å². The number of hydrogen-bond acceptors (Lipinski definition) is 5. The van der Waals surface area contributed by atoms with Gasteiger partial charge in [0.25, 0.3) is 0 Å². The predicted molar refractivity (Wildman–Crippen MR) is 117 cm³/mol. The van der Waals surface area contributed by atoms with Crippen molar-refractivity contribution in [2.45, 2.75) is 30.7 Å². The Kier molecular flexibility index (Phi) is 8.03. The maximum Gasteiger partial charge on any atom is 0.222 e. The minimum atomic E-state index is -3.22. The van der Waals surface area contributed by atoms with E-state index >= 15 is 0 Å². The van der Waals surface area contributed by atoms with Gasteiger partial charge >= 0.3 is 0 Å². The van der Waals surface area contributed by atoms with Crippen molar-refractivity contribution in [3.63, 3.8) is 0 Å². The summed E-state index contributed by atoms with van der Waals surface area (Å²) in [6.45, 7) is 4.29. The average molecular weight is 449 g/mol. The molecule has 0 atom stereocenters. The Bertz CT molecular complexity index is 962. The predicted octanol–water partition coefficient (Wildman–Crippen LogP) is 3.12. The molecule has 1 aliphatic rings. The number of hydrogen-bond donors (Lipinski definition) is 0. The minimum Gasteiger partial charge on any atom is -0.494 e. The van der Waals surface area contributed by atoms with Gasteiger partial charge in [-0.2, -0.15) is 0 Å². The van der Waals surface area contributed by atoms with Gasteiger partial charge in [0.1, 0.15) is 11.6 Å². The number of ether oxygens (including phenoxy) is 1. The summed E-state index contributed by atoms with van der Waals surface area (Å²) in [6.07, 6.45) is 3.09. The highest BCUT2D eigenvalue weighted by Gasteiger charge is 2.19. The Hall–Kier alpha value is -2.45. The van der Waals surface area contributed by atoms with Gasteiger partial charge in [-0.05, 0) is 54.8 Å². The van der Waals surface area contributed by atoms with Crippen molar-refractivity contribution in [3.8, 4) is 5.75 Å². The molecule has 1 amide bonds. The van der Waals surface area contributed by atoms with Gasteiger partial charge < -0.3 is 9.64 Å². The zero-order chi connectivity index (χ0) is 22.3. The van der Waals surface area contributed by atoms with Crippen LogP contribution in [-0.4, -0.2) is 63.2 Å². The molecule has 0 bridgehead atoms. The van der Waals surface area contributed by atoms with Crippen LogP contribution in [0.5, 0.6) is 5.75 Å². The van der Waals surface area contributed by atoms with Crippen LogP contribution in [0.3, 0.4) is 0 Å². The summed E-state index contributed by atoms with van der Waals surface area (Å²) in [4.78, 5) is 17.0. The summed E-state index contributed by atoms with van der Waals surface area (Å²) < 4.78 is 41.6. The molecule has 6 nitrogen and oxygen atoms in total. The maximum atomic E-state index is 13.1. The highest BCUT2D eigenvalue weighted by molar-refractivity contribution is 7.90. The molecule has 0 unspecified atom stereocenters. The second kappa shape index (κ2) is 10.7. The third kappa shape index (κ3) is 7.33. The Morgan fingerprint density at radius 1 is 1.00 bits per heavy atom. The number of nitrogens with zero attached hydrogens (tertiary/aromatic N) is 2. The Balaban J connectivity index is 1.38. The van der Waals surface area contributed by atoms with Gasteiger partial charge in [-0.1, -0.05) is 12.1 Å². The fraction of sp³-hybridized carbons (Fsp3) is 0.435. The first-order valence-electron chi connectivity index (χ1n) is 10.5. The van der Waals surface area contributed by atoms with E-state index in [0.717, 1.165) is 38.2 Å². The van der Waals surface area contributed by atoms with Crippen LogP contribution >= 0.6 is 0 Å². The molecular formula is C23H29FN2O4S. The van der Waals surface area contributed by atoms with Gasteiger partial charge in [0.15, 0.2) is 9.84 Å². The summed E-state index contributed by atoms with van der Waals surface area (Å²) in [5, 5.41) is 0. The topological polar surface area (TPSA) is 66.9 Å². The van der Waals surface area contributed by atoms with Crippen molar-refractivity contribution < 1.29 is 22.3 Å². The molecule has 31 heavy (non-hydrogen) atoms. The summed E-state index contributed by atoms with van der Waals surface area (Å²) in [5.41, 5.74) is 1.07. The lowest BCUT2D eigenvalue weighted by Crippen LogP contribution is -2.35. The molecule has 0 aliphatic carbocycles. The van der Waals surface area contributed by atoms with Crippen LogP contribution in [-0.2, 0) is 21.2 Å². The van der Waals surface area contributed by atoms with Gasteiger partial charge in [-0.3, -0.25) is 9.69 Å². The quantitative estimate of drug-likeness (QED) is 0.581. The molecule has 0 radical (unpaired) electrons. The van der Waals surface area contributed by atoms with E-state index in [2.05, 4.69) is 4.90 Å². The zero-order valence-corrected chi connectivity index (χ0v) is 18.6. The van der Waals surface area contributed by atoms with E-state index in [1.54, 1.807) is 24.3 Å². The van der Waals surface area contributed by atoms with E-state index in [4.69, 9.17) is 4.74 Å². The normalized spacial score (nSPS) is 15.5. The summed E-state index contributed by atoms with van der Waals surface area (Å²) in [6, 6.07) is 12.9. The van der Waals surface area contributed by atoms with Crippen molar-refractivity contribution in [2.75, 3.05) is 39.0 Å². The van der Waals surface area contributed by atoms with E-state index in [-0.39, 0.29) is 16.6 Å². The van der Waals surface area contributed by atoms with Crippen LogP contribution in [0.2, 0.25) is 0 Å². The Labute approximate surface area is 183 Å². The smallest absolute Gasteiger partial charge is 0.222 e. The molecule has 0 aromatic heterocycles. The minimum absolute atomic E-state index is 0.125. The molecule has 1 fully saturated rings. The molecule has 2 aromatic rings. The second-order valence-electron chi connectivity index (χ2n) is 7.83. The summed E-state index contributed by atoms with van der Waals surface area (Å²) in [7, 11) is -3.22. The zero-order valence-electron chi connectivity index (χ0n) is 17.8. The van der Waals surface area contributed by atoms with Crippen LogP contribution in [0.25, 0.3) is 0 Å². The number of carbonyl (C=O) groups excluding carboxylic acids is 1. The standard InChI is InChI=1S/C23H29FN2O4S/c1-31(28,29)22-11-9-21(10-12-22)30-17-2-4-23(27)26-14-3-13-25(15-16-26)18-19-5-7-20(24)8-6-19/h5-12H,2-4,13-18H2,1H3. The van der Waals surface area contributed by atoms with Crippen LogP contribution in [0.15, 0.2) is 53.4 Å². The van der Waals surface area contributed by atoms with E-state index in [9.17, 15) is 17.6 Å². The number of rotatable bonds is 8. The van der Waals surface area contributed by atoms with Crippen molar-refractivity contribution >= 4 is 15.7 Å². The Morgan fingerprint density at radius 3 is 2.39 bits per heavy atom. The molecule has 1 saturated heterocycles. The van der Waals surface area contributed by atoms with Gasteiger partial charge in [0.2, 0.25) is 5.91 Å². The fourth-order valence-corrected chi connectivity index (χ4v) is 4.21. The van der Waals surface area contributed by atoms with E-state index in [0.29, 0.717) is 31.7 Å². The number of carbonyl (C=O) groups is 1. The lowest BCUT2D eigenvalue weighted by Gasteiger charge is -2.22. The fourth-order valence-electron chi connectivity index (χ4n) is 3.58. The van der Waals surface area contributed by atoms with E-state index < -0.39 is 9.84 Å². The molecule has 0 saturated carbocycles. The third-order valence-electron chi connectivity index (χ3n) is 5.32. The number of halogens is 1. The van der Waals surface area contributed by atoms with Crippen molar-refractivity contribution in [2.24, 2.45) is 0 Å². The largest absolute Gasteiger partial charge is 0.494 e. The SMILES string of the molecule is CS(=O)(=O)c1ccc(OCCCC(=O)N2CCCN(Cc3ccc(F)cc3)CC2)cc1. The lowest BCUT2D eigenvalue weighted by molar-refractivity contribution is -0.131. The van der Waals surface area contributed by atoms with Crippen molar-refractivity contribution in [3.05, 3.63) is 59.9 Å². The van der Waals surface area contributed by atoms with Crippen LogP contribution in [0.1, 0.15) is 24.8 Å². The first-order chi connectivity index (χ1) is 14.8. The molecule has 8 heteroatoms. The average Bonchev–Trinajstić information content (AvgIpc) is 2.98. The summed E-state index contributed by atoms with van der Waals surface area (Å²) in [5.74, 6) is 0.483. The number of benzene rings is 2. The summed E-state index contributed by atoms with van der Waals surface area (Å²) >= 11 is 0. The monoisotopic (exact) mass is 448 g/mol. The molecular weight excluding hydrogens is 419 g/mol. The number of amides is 1. The van der Waals surface area contributed by atoms with Gasteiger partial charge in [-0.15, -0.1) is 0 Å². The first-order valence-corrected chi connectivity index (χ1v) is 12.4. The molecule has 168 valence electrons.